The molecule has 0 spiro atoms. The Bertz CT molecular complexity index is 955. The molecule has 0 aliphatic carbocycles. The van der Waals surface area contributed by atoms with E-state index in [2.05, 4.69) is 26.0 Å². The molecule has 0 atom stereocenters. The van der Waals surface area contributed by atoms with Crippen LogP contribution in [0.25, 0.3) is 0 Å². The number of anilines is 1. The van der Waals surface area contributed by atoms with Crippen molar-refractivity contribution < 1.29 is 13.5 Å². The highest BCUT2D eigenvalue weighted by Crippen LogP contribution is 2.32. The van der Waals surface area contributed by atoms with Gasteiger partial charge in [-0.15, -0.1) is 0 Å². The molecule has 1 aliphatic heterocycles. The Morgan fingerprint density at radius 1 is 1.32 bits per heavy atom. The molecule has 0 unspecified atom stereocenters. The van der Waals surface area contributed by atoms with Crippen LogP contribution < -0.4 is 10.1 Å². The van der Waals surface area contributed by atoms with Crippen molar-refractivity contribution in [2.45, 2.75) is 26.1 Å². The molecule has 1 N–H and O–H groups in total. The van der Waals surface area contributed by atoms with E-state index >= 15 is 0 Å². The molecule has 0 saturated carbocycles. The van der Waals surface area contributed by atoms with Crippen molar-refractivity contribution in [3.05, 3.63) is 51.7 Å². The van der Waals surface area contributed by atoms with E-state index in [1.54, 1.807) is 12.1 Å². The van der Waals surface area contributed by atoms with Crippen molar-refractivity contribution >= 4 is 17.4 Å². The van der Waals surface area contributed by atoms with Crippen molar-refractivity contribution in [3.8, 4) is 17.9 Å². The molecule has 1 aromatic carbocycles. The lowest BCUT2D eigenvalue weighted by Gasteiger charge is -2.30. The van der Waals surface area contributed by atoms with Crippen LogP contribution in [0.1, 0.15) is 22.3 Å². The maximum absolute atomic E-state index is 12.4. The second-order valence-electron chi connectivity index (χ2n) is 6.19. The number of nitrogens with zero attached hydrogens (tertiary/aromatic N) is 4. The minimum absolute atomic E-state index is 0.0642. The van der Waals surface area contributed by atoms with E-state index in [1.165, 1.54) is 6.07 Å². The number of ether oxygens (including phenoxy) is 1. The molecule has 2 aromatic rings. The van der Waals surface area contributed by atoms with Gasteiger partial charge in [0.25, 0.3) is 0 Å². The molecule has 0 radical (unpaired) electrons. The minimum atomic E-state index is -2.87. The smallest absolute Gasteiger partial charge is 0.387 e. The van der Waals surface area contributed by atoms with Crippen molar-refractivity contribution in [1.29, 1.82) is 10.5 Å². The molecule has 9 heteroatoms. The molecular weight excluding hydrogens is 388 g/mol. The lowest BCUT2D eigenvalue weighted by molar-refractivity contribution is -0.0499. The van der Waals surface area contributed by atoms with Crippen LogP contribution >= 0.6 is 11.6 Å². The van der Waals surface area contributed by atoms with Gasteiger partial charge >= 0.3 is 6.61 Å². The lowest BCUT2D eigenvalue weighted by Crippen LogP contribution is -2.31. The van der Waals surface area contributed by atoms with E-state index in [1.807, 2.05) is 12.1 Å². The zero-order valence-corrected chi connectivity index (χ0v) is 15.5. The Hall–Kier alpha value is -2.94. The largest absolute Gasteiger partial charge is 0.435 e. The van der Waals surface area contributed by atoms with Gasteiger partial charge in [0, 0.05) is 25.2 Å². The maximum Gasteiger partial charge on any atom is 0.387 e. The van der Waals surface area contributed by atoms with Crippen molar-refractivity contribution in [2.75, 3.05) is 18.4 Å². The molecule has 0 amide bonds. The molecule has 6 nitrogen and oxygen atoms in total. The van der Waals surface area contributed by atoms with Crippen molar-refractivity contribution in [2.24, 2.45) is 0 Å². The molecule has 28 heavy (non-hydrogen) atoms. The molecule has 0 fully saturated rings. The first-order valence-corrected chi connectivity index (χ1v) is 8.88. The first-order valence-electron chi connectivity index (χ1n) is 8.50. The number of nitrogens with one attached hydrogen (secondary N) is 1. The van der Waals surface area contributed by atoms with Gasteiger partial charge in [-0.1, -0.05) is 23.7 Å². The van der Waals surface area contributed by atoms with Gasteiger partial charge in [0.2, 0.25) is 0 Å². The predicted molar refractivity (Wildman–Crippen MR) is 99.0 cm³/mol. The van der Waals surface area contributed by atoms with E-state index in [-0.39, 0.29) is 17.4 Å². The number of benzene rings is 1. The Balaban J connectivity index is 1.84. The van der Waals surface area contributed by atoms with Gasteiger partial charge in [-0.3, -0.25) is 4.90 Å². The maximum atomic E-state index is 12.4. The molecule has 1 aromatic heterocycles. The standard InChI is InChI=1S/C19H16ClF2N5O/c20-17-15(9-24)14-4-7-27(11-16(14)18(26-17)25-6-5-23)10-12-2-1-3-13(8-12)28-19(21)22/h1-3,8,19H,4,6-7,10-11H2,(H,25,26). The summed E-state index contributed by atoms with van der Waals surface area (Å²) in [5.74, 6) is 0.599. The fourth-order valence-corrected chi connectivity index (χ4v) is 3.50. The zero-order valence-electron chi connectivity index (χ0n) is 14.8. The first kappa shape index (κ1) is 19.8. The third-order valence-corrected chi connectivity index (χ3v) is 4.68. The quantitative estimate of drug-likeness (QED) is 0.584. The molecule has 3 rings (SSSR count). The fraction of sp³-hybridized carbons (Fsp3) is 0.316. The summed E-state index contributed by atoms with van der Waals surface area (Å²) >= 11 is 6.13. The van der Waals surface area contributed by atoms with Crippen LogP contribution in [0.4, 0.5) is 14.6 Å². The SMILES string of the molecule is N#CCNc1nc(Cl)c(C#N)c2c1CN(Cc1cccc(OC(F)F)c1)CC2. The van der Waals surface area contributed by atoms with E-state index in [9.17, 15) is 14.0 Å². The number of rotatable bonds is 6. The van der Waals surface area contributed by atoms with Crippen LogP contribution in [0.5, 0.6) is 5.75 Å². The first-order chi connectivity index (χ1) is 13.5. The monoisotopic (exact) mass is 403 g/mol. The summed E-state index contributed by atoms with van der Waals surface area (Å²) < 4.78 is 29.3. The Labute approximate surface area is 165 Å². The molecule has 0 saturated heterocycles. The summed E-state index contributed by atoms with van der Waals surface area (Å²) in [4.78, 5) is 6.34. The number of aromatic nitrogens is 1. The molecule has 1 aliphatic rings. The average Bonchev–Trinajstić information content (AvgIpc) is 2.66. The zero-order chi connectivity index (χ0) is 20.1. The topological polar surface area (TPSA) is 85.0 Å². The molecule has 0 bridgehead atoms. The van der Waals surface area contributed by atoms with Gasteiger partial charge in [0.1, 0.15) is 29.3 Å². The van der Waals surface area contributed by atoms with E-state index < -0.39 is 6.61 Å². The highest BCUT2D eigenvalue weighted by Gasteiger charge is 2.25. The van der Waals surface area contributed by atoms with Crippen LogP contribution in [-0.4, -0.2) is 29.6 Å². The third kappa shape index (κ3) is 4.48. The van der Waals surface area contributed by atoms with Crippen LogP contribution in [0, 0.1) is 22.7 Å². The van der Waals surface area contributed by atoms with Crippen LogP contribution in [-0.2, 0) is 19.5 Å². The van der Waals surface area contributed by atoms with Gasteiger partial charge in [-0.25, -0.2) is 4.98 Å². The Kier molecular flexibility index (Phi) is 6.25. The minimum Gasteiger partial charge on any atom is -0.435 e. The number of hydrogen-bond donors (Lipinski definition) is 1. The van der Waals surface area contributed by atoms with Gasteiger partial charge in [-0.2, -0.15) is 19.3 Å². The summed E-state index contributed by atoms with van der Waals surface area (Å²) in [5, 5.41) is 21.3. The summed E-state index contributed by atoms with van der Waals surface area (Å²) in [6.45, 7) is -1.13. The van der Waals surface area contributed by atoms with Gasteiger partial charge in [0.15, 0.2) is 0 Å². The van der Waals surface area contributed by atoms with Gasteiger partial charge in [0.05, 0.1) is 11.6 Å². The fourth-order valence-electron chi connectivity index (χ4n) is 3.25. The third-order valence-electron chi connectivity index (χ3n) is 4.40. The van der Waals surface area contributed by atoms with Crippen LogP contribution in [0.3, 0.4) is 0 Å². The van der Waals surface area contributed by atoms with Crippen LogP contribution in [0.2, 0.25) is 5.15 Å². The Morgan fingerprint density at radius 2 is 2.14 bits per heavy atom. The summed E-state index contributed by atoms with van der Waals surface area (Å²) in [6.07, 6.45) is 0.592. The van der Waals surface area contributed by atoms with Crippen molar-refractivity contribution in [3.63, 3.8) is 0 Å². The average molecular weight is 404 g/mol. The van der Waals surface area contributed by atoms with E-state index in [0.29, 0.717) is 37.4 Å². The summed E-state index contributed by atoms with van der Waals surface area (Å²) in [6, 6.07) is 10.7. The van der Waals surface area contributed by atoms with Gasteiger partial charge in [-0.05, 0) is 29.7 Å². The summed E-state index contributed by atoms with van der Waals surface area (Å²) in [5.41, 5.74) is 2.83. The second-order valence-corrected chi connectivity index (χ2v) is 6.55. The highest BCUT2D eigenvalue weighted by molar-refractivity contribution is 6.30. The highest BCUT2D eigenvalue weighted by atomic mass is 35.5. The number of halogens is 3. The Morgan fingerprint density at radius 3 is 2.86 bits per heavy atom. The number of hydrogen-bond acceptors (Lipinski definition) is 6. The number of alkyl halides is 2. The number of pyridine rings is 1. The molecule has 2 heterocycles. The van der Waals surface area contributed by atoms with Crippen LogP contribution in [0.15, 0.2) is 24.3 Å². The van der Waals surface area contributed by atoms with E-state index in [4.69, 9.17) is 16.9 Å². The number of fused-ring (bicyclic) bond motifs is 1. The predicted octanol–water partition coefficient (Wildman–Crippen LogP) is 3.70. The normalized spacial score (nSPS) is 13.5. The summed E-state index contributed by atoms with van der Waals surface area (Å²) in [7, 11) is 0. The lowest BCUT2D eigenvalue weighted by atomic mass is 9.96. The van der Waals surface area contributed by atoms with Gasteiger partial charge < -0.3 is 10.1 Å². The second kappa shape index (κ2) is 8.83. The van der Waals surface area contributed by atoms with E-state index in [0.717, 1.165) is 16.7 Å². The van der Waals surface area contributed by atoms with Crippen molar-refractivity contribution in [1.82, 2.24) is 9.88 Å². The molecule has 144 valence electrons. The molecular formula is C19H16ClF2N5O. The number of nitriles is 2.